The van der Waals surface area contributed by atoms with Crippen molar-refractivity contribution in [3.05, 3.63) is 60.4 Å². The van der Waals surface area contributed by atoms with Crippen molar-refractivity contribution in [1.82, 2.24) is 5.16 Å². The Bertz CT molecular complexity index is 916. The van der Waals surface area contributed by atoms with Gasteiger partial charge in [-0.25, -0.2) is 0 Å². The molecule has 6 nitrogen and oxygen atoms in total. The van der Waals surface area contributed by atoms with E-state index in [-0.39, 0.29) is 5.69 Å². The van der Waals surface area contributed by atoms with Crippen molar-refractivity contribution >= 4 is 16.0 Å². The van der Waals surface area contributed by atoms with E-state index in [0.717, 1.165) is 22.4 Å². The molecule has 0 bridgehead atoms. The van der Waals surface area contributed by atoms with Crippen LogP contribution < -0.4 is 4.72 Å². The molecule has 0 amide bonds. The van der Waals surface area contributed by atoms with E-state index in [1.54, 1.807) is 24.3 Å². The van der Waals surface area contributed by atoms with Gasteiger partial charge >= 0.3 is 10.3 Å². The van der Waals surface area contributed by atoms with Crippen LogP contribution in [0.25, 0.3) is 22.4 Å². The topological polar surface area (TPSA) is 92.4 Å². The summed E-state index contributed by atoms with van der Waals surface area (Å²) in [6.07, 6.45) is 0. The summed E-state index contributed by atoms with van der Waals surface area (Å²) in [5.41, 5.74) is 3.60. The van der Waals surface area contributed by atoms with Gasteiger partial charge in [0.2, 0.25) is 0 Å². The van der Waals surface area contributed by atoms with Crippen LogP contribution in [0.15, 0.2) is 59.1 Å². The summed E-state index contributed by atoms with van der Waals surface area (Å²) in [6, 6.07) is 16.2. The highest BCUT2D eigenvalue weighted by atomic mass is 32.2. The minimum absolute atomic E-state index is 0.270. The summed E-state index contributed by atoms with van der Waals surface area (Å²) in [5.74, 6) is 0.666. The number of aryl methyl sites for hydroxylation is 1. The molecular formula is C16H14N2O4S. The van der Waals surface area contributed by atoms with Gasteiger partial charge < -0.3 is 4.52 Å². The molecule has 23 heavy (non-hydrogen) atoms. The van der Waals surface area contributed by atoms with E-state index in [0.29, 0.717) is 5.76 Å². The van der Waals surface area contributed by atoms with Crippen molar-refractivity contribution in [1.29, 1.82) is 0 Å². The van der Waals surface area contributed by atoms with Crippen LogP contribution in [-0.2, 0) is 10.3 Å². The summed E-state index contributed by atoms with van der Waals surface area (Å²) in [7, 11) is -4.28. The van der Waals surface area contributed by atoms with Crippen molar-refractivity contribution in [2.45, 2.75) is 6.92 Å². The number of nitrogens with zero attached hydrogens (tertiary/aromatic N) is 1. The van der Waals surface area contributed by atoms with Crippen molar-refractivity contribution < 1.29 is 17.5 Å². The van der Waals surface area contributed by atoms with E-state index in [1.807, 2.05) is 42.0 Å². The second-order valence-corrected chi connectivity index (χ2v) is 6.14. The smallest absolute Gasteiger partial charge is 0.357 e. The normalized spacial score (nSPS) is 11.4. The molecule has 3 rings (SSSR count). The lowest BCUT2D eigenvalue weighted by Crippen LogP contribution is -2.09. The van der Waals surface area contributed by atoms with Gasteiger partial charge in [0, 0.05) is 5.56 Å². The summed E-state index contributed by atoms with van der Waals surface area (Å²) in [4.78, 5) is 0. The van der Waals surface area contributed by atoms with Gasteiger partial charge in [-0.1, -0.05) is 47.6 Å². The third-order valence-corrected chi connectivity index (χ3v) is 3.82. The van der Waals surface area contributed by atoms with Crippen molar-refractivity contribution in [2.75, 3.05) is 4.72 Å². The van der Waals surface area contributed by atoms with Crippen LogP contribution in [0.4, 0.5) is 5.69 Å². The van der Waals surface area contributed by atoms with Gasteiger partial charge in [0.05, 0.1) is 11.3 Å². The minimum atomic E-state index is -4.28. The van der Waals surface area contributed by atoms with Gasteiger partial charge in [-0.05, 0) is 24.6 Å². The van der Waals surface area contributed by atoms with E-state index < -0.39 is 10.3 Å². The van der Waals surface area contributed by atoms with Crippen LogP contribution in [0.5, 0.6) is 0 Å². The number of anilines is 1. The fourth-order valence-electron chi connectivity index (χ4n) is 2.36. The molecule has 118 valence electrons. The highest BCUT2D eigenvalue weighted by Crippen LogP contribution is 2.34. The molecule has 7 heteroatoms. The fourth-order valence-corrected chi connectivity index (χ4v) is 2.79. The maximum Gasteiger partial charge on any atom is 0.357 e. The van der Waals surface area contributed by atoms with Gasteiger partial charge in [-0.3, -0.25) is 9.27 Å². The van der Waals surface area contributed by atoms with E-state index >= 15 is 0 Å². The molecule has 2 aromatic carbocycles. The summed E-state index contributed by atoms with van der Waals surface area (Å²) in [5, 5.41) is 4.12. The predicted octanol–water partition coefficient (Wildman–Crippen LogP) is 3.53. The number of nitrogens with one attached hydrogen (secondary N) is 1. The quantitative estimate of drug-likeness (QED) is 0.714. The SMILES string of the molecule is Cc1onc(-c2ccccc2)c1-c1ccc(NS(=O)(=O)O)cc1. The largest absolute Gasteiger partial charge is 0.360 e. The Morgan fingerprint density at radius 2 is 1.65 bits per heavy atom. The molecule has 0 fully saturated rings. The zero-order chi connectivity index (χ0) is 16.4. The molecule has 0 saturated carbocycles. The van der Waals surface area contributed by atoms with Crippen molar-refractivity contribution in [3.63, 3.8) is 0 Å². The van der Waals surface area contributed by atoms with Crippen molar-refractivity contribution in [2.24, 2.45) is 0 Å². The van der Waals surface area contributed by atoms with Crippen LogP contribution in [-0.4, -0.2) is 18.1 Å². The second kappa shape index (κ2) is 5.86. The second-order valence-electron chi connectivity index (χ2n) is 4.98. The highest BCUT2D eigenvalue weighted by molar-refractivity contribution is 7.87. The molecule has 0 atom stereocenters. The molecule has 2 N–H and O–H groups in total. The zero-order valence-corrected chi connectivity index (χ0v) is 13.0. The molecule has 0 unspecified atom stereocenters. The Balaban J connectivity index is 2.01. The number of hydrogen-bond donors (Lipinski definition) is 2. The summed E-state index contributed by atoms with van der Waals surface area (Å²) >= 11 is 0. The van der Waals surface area contributed by atoms with Gasteiger partial charge in [0.25, 0.3) is 0 Å². The lowest BCUT2D eigenvalue weighted by Gasteiger charge is -2.06. The Kier molecular flexibility index (Phi) is 3.89. The first-order valence-corrected chi connectivity index (χ1v) is 8.25. The number of aromatic nitrogens is 1. The molecule has 0 spiro atoms. The first-order chi connectivity index (χ1) is 10.9. The monoisotopic (exact) mass is 330 g/mol. The number of rotatable bonds is 4. The van der Waals surface area contributed by atoms with Gasteiger partial charge in [-0.2, -0.15) is 8.42 Å². The molecule has 1 aromatic heterocycles. The Morgan fingerprint density at radius 1 is 1.00 bits per heavy atom. The lowest BCUT2D eigenvalue weighted by atomic mass is 9.99. The highest BCUT2D eigenvalue weighted by Gasteiger charge is 2.16. The van der Waals surface area contributed by atoms with Crippen LogP contribution in [0, 0.1) is 6.92 Å². The molecular weight excluding hydrogens is 316 g/mol. The van der Waals surface area contributed by atoms with Crippen LogP contribution in [0.1, 0.15) is 5.76 Å². The van der Waals surface area contributed by atoms with E-state index in [9.17, 15) is 8.42 Å². The van der Waals surface area contributed by atoms with Crippen LogP contribution in [0.2, 0.25) is 0 Å². The Labute approximate surface area is 133 Å². The molecule has 1 heterocycles. The number of benzene rings is 2. The average molecular weight is 330 g/mol. The molecule has 0 radical (unpaired) electrons. The van der Waals surface area contributed by atoms with Gasteiger partial charge in [0.15, 0.2) is 0 Å². The first kappa shape index (κ1) is 15.3. The Morgan fingerprint density at radius 3 is 2.26 bits per heavy atom. The number of hydrogen-bond acceptors (Lipinski definition) is 4. The third kappa shape index (κ3) is 3.41. The standard InChI is InChI=1S/C16H14N2O4S/c1-11-15(16(17-22-11)13-5-3-2-4-6-13)12-7-9-14(10-8-12)18-23(19,20)21/h2-10,18H,1H3,(H,19,20,21). The van der Waals surface area contributed by atoms with Crippen LogP contribution in [0.3, 0.4) is 0 Å². The Hall–Kier alpha value is -2.64. The van der Waals surface area contributed by atoms with Gasteiger partial charge in [-0.15, -0.1) is 0 Å². The molecule has 0 aliphatic heterocycles. The zero-order valence-electron chi connectivity index (χ0n) is 12.2. The lowest BCUT2D eigenvalue weighted by molar-refractivity contribution is 0.400. The molecule has 0 saturated heterocycles. The fraction of sp³-hybridized carbons (Fsp3) is 0.0625. The predicted molar refractivity (Wildman–Crippen MR) is 87.3 cm³/mol. The summed E-state index contributed by atoms with van der Waals surface area (Å²) < 4.78 is 37.8. The maximum absolute atomic E-state index is 10.8. The van der Waals surface area contributed by atoms with Gasteiger partial charge in [0.1, 0.15) is 11.5 Å². The first-order valence-electron chi connectivity index (χ1n) is 6.81. The molecule has 3 aromatic rings. The van der Waals surface area contributed by atoms with E-state index in [2.05, 4.69) is 5.16 Å². The minimum Gasteiger partial charge on any atom is -0.360 e. The van der Waals surface area contributed by atoms with E-state index in [4.69, 9.17) is 9.08 Å². The third-order valence-electron chi connectivity index (χ3n) is 3.33. The van der Waals surface area contributed by atoms with E-state index in [1.165, 1.54) is 0 Å². The summed E-state index contributed by atoms with van der Waals surface area (Å²) in [6.45, 7) is 1.82. The molecule has 0 aliphatic carbocycles. The van der Waals surface area contributed by atoms with Crippen LogP contribution >= 0.6 is 0 Å². The van der Waals surface area contributed by atoms with Crippen molar-refractivity contribution in [3.8, 4) is 22.4 Å². The maximum atomic E-state index is 10.8. The average Bonchev–Trinajstić information content (AvgIpc) is 2.89. The molecule has 0 aliphatic rings.